The summed E-state index contributed by atoms with van der Waals surface area (Å²) in [5.74, 6) is -0.125. The maximum absolute atomic E-state index is 13.8. The molecule has 25 heavy (non-hydrogen) atoms. The molecule has 2 aliphatic heterocycles. The van der Waals surface area contributed by atoms with Gasteiger partial charge < -0.3 is 10.0 Å². The van der Waals surface area contributed by atoms with Crippen LogP contribution in [0.3, 0.4) is 0 Å². The summed E-state index contributed by atoms with van der Waals surface area (Å²) in [5, 5.41) is 10.3. The predicted molar refractivity (Wildman–Crippen MR) is 94.7 cm³/mol. The van der Waals surface area contributed by atoms with Crippen LogP contribution >= 0.6 is 0 Å². The lowest BCUT2D eigenvalue weighted by Gasteiger charge is -2.25. The first-order chi connectivity index (χ1) is 12.1. The van der Waals surface area contributed by atoms with E-state index in [0.717, 1.165) is 58.5 Å². The van der Waals surface area contributed by atoms with Crippen molar-refractivity contribution in [3.63, 3.8) is 0 Å². The van der Waals surface area contributed by atoms with Crippen molar-refractivity contribution in [3.05, 3.63) is 35.6 Å². The van der Waals surface area contributed by atoms with Crippen LogP contribution in [0.1, 0.15) is 30.9 Å². The van der Waals surface area contributed by atoms with Crippen LogP contribution in [0.2, 0.25) is 0 Å². The predicted octanol–water partition coefficient (Wildman–Crippen LogP) is 1.49. The summed E-state index contributed by atoms with van der Waals surface area (Å²) in [7, 11) is 0. The summed E-state index contributed by atoms with van der Waals surface area (Å²) >= 11 is 0. The molecule has 1 N–H and O–H groups in total. The third-order valence-electron chi connectivity index (χ3n) is 5.19. The van der Waals surface area contributed by atoms with Gasteiger partial charge in [0.2, 0.25) is 5.91 Å². The summed E-state index contributed by atoms with van der Waals surface area (Å²) in [5.41, 5.74) is 0.354. The molecule has 6 heteroatoms. The summed E-state index contributed by atoms with van der Waals surface area (Å²) < 4.78 is 13.8. The highest BCUT2D eigenvalue weighted by Gasteiger charge is 2.23. The molecule has 0 spiro atoms. The van der Waals surface area contributed by atoms with Gasteiger partial charge in [0, 0.05) is 38.3 Å². The van der Waals surface area contributed by atoms with E-state index in [-0.39, 0.29) is 11.7 Å². The van der Waals surface area contributed by atoms with Gasteiger partial charge in [-0.05, 0) is 38.4 Å². The van der Waals surface area contributed by atoms with Gasteiger partial charge in [0.05, 0.1) is 12.6 Å². The van der Waals surface area contributed by atoms with Gasteiger partial charge in [0.25, 0.3) is 0 Å². The van der Waals surface area contributed by atoms with E-state index in [1.807, 2.05) is 4.90 Å². The molecule has 3 rings (SSSR count). The average Bonchev–Trinajstić information content (AvgIpc) is 3.06. The van der Waals surface area contributed by atoms with Crippen LogP contribution in [0.25, 0.3) is 0 Å². The van der Waals surface area contributed by atoms with Crippen molar-refractivity contribution in [1.29, 1.82) is 0 Å². The zero-order chi connectivity index (χ0) is 17.6. The van der Waals surface area contributed by atoms with E-state index in [4.69, 9.17) is 0 Å². The third kappa shape index (κ3) is 5.00. The fourth-order valence-electron chi connectivity index (χ4n) is 3.71. The second-order valence-electron chi connectivity index (χ2n) is 7.06. The minimum Gasteiger partial charge on any atom is -0.387 e. The molecule has 0 saturated carbocycles. The first-order valence-corrected chi connectivity index (χ1v) is 9.28. The summed E-state index contributed by atoms with van der Waals surface area (Å²) in [6.07, 6.45) is 2.37. The maximum Gasteiger partial charge on any atom is 0.236 e. The SMILES string of the molecule is O=C(CN1CCCN(CC(O)c2ccccc2F)CC1)N1CCCC1. The highest BCUT2D eigenvalue weighted by molar-refractivity contribution is 5.78. The molecule has 5 nitrogen and oxygen atoms in total. The van der Waals surface area contributed by atoms with E-state index in [2.05, 4.69) is 9.80 Å². The van der Waals surface area contributed by atoms with E-state index in [9.17, 15) is 14.3 Å². The van der Waals surface area contributed by atoms with Gasteiger partial charge in [-0.1, -0.05) is 18.2 Å². The molecular weight excluding hydrogens is 321 g/mol. The van der Waals surface area contributed by atoms with Crippen LogP contribution < -0.4 is 0 Å². The zero-order valence-electron chi connectivity index (χ0n) is 14.7. The Kier molecular flexibility index (Phi) is 6.39. The number of likely N-dealkylation sites (tertiary alicyclic amines) is 1. The molecule has 2 heterocycles. The average molecular weight is 349 g/mol. The largest absolute Gasteiger partial charge is 0.387 e. The van der Waals surface area contributed by atoms with Crippen LogP contribution in [0, 0.1) is 5.82 Å². The van der Waals surface area contributed by atoms with Crippen LogP contribution in [0.5, 0.6) is 0 Å². The van der Waals surface area contributed by atoms with Gasteiger partial charge in [0.1, 0.15) is 5.82 Å². The highest BCUT2D eigenvalue weighted by Crippen LogP contribution is 2.18. The smallest absolute Gasteiger partial charge is 0.236 e. The standard InChI is InChI=1S/C19H28FN3O2/c20-17-7-2-1-6-16(17)18(24)14-21-8-5-9-22(13-12-21)15-19(25)23-10-3-4-11-23/h1-2,6-7,18,24H,3-5,8-15H2. The van der Waals surface area contributed by atoms with Crippen molar-refractivity contribution in [2.75, 3.05) is 52.4 Å². The topological polar surface area (TPSA) is 47.0 Å². The van der Waals surface area contributed by atoms with Crippen molar-refractivity contribution in [2.45, 2.75) is 25.4 Å². The Hall–Kier alpha value is -1.50. The molecule has 2 fully saturated rings. The van der Waals surface area contributed by atoms with Gasteiger partial charge in [0.15, 0.2) is 0 Å². The molecular formula is C19H28FN3O2. The minimum absolute atomic E-state index is 0.234. The quantitative estimate of drug-likeness (QED) is 0.875. The first-order valence-electron chi connectivity index (χ1n) is 9.28. The van der Waals surface area contributed by atoms with Gasteiger partial charge >= 0.3 is 0 Å². The van der Waals surface area contributed by atoms with E-state index < -0.39 is 6.10 Å². The number of halogens is 1. The number of benzene rings is 1. The summed E-state index contributed by atoms with van der Waals surface area (Å²) in [6, 6.07) is 6.40. The van der Waals surface area contributed by atoms with E-state index in [0.29, 0.717) is 18.7 Å². The van der Waals surface area contributed by atoms with Crippen molar-refractivity contribution in [2.24, 2.45) is 0 Å². The lowest BCUT2D eigenvalue weighted by atomic mass is 10.1. The molecule has 1 amide bonds. The Morgan fingerprint density at radius 1 is 1.00 bits per heavy atom. The Bertz CT molecular complexity index is 578. The molecule has 2 aliphatic rings. The van der Waals surface area contributed by atoms with Crippen LogP contribution in [0.4, 0.5) is 4.39 Å². The number of nitrogens with zero attached hydrogens (tertiary/aromatic N) is 3. The second-order valence-corrected chi connectivity index (χ2v) is 7.06. The molecule has 1 unspecified atom stereocenters. The van der Waals surface area contributed by atoms with Crippen LogP contribution in [-0.2, 0) is 4.79 Å². The maximum atomic E-state index is 13.8. The van der Waals surface area contributed by atoms with Crippen molar-refractivity contribution in [1.82, 2.24) is 14.7 Å². The molecule has 138 valence electrons. The first kappa shape index (κ1) is 18.3. The molecule has 1 atom stereocenters. The van der Waals surface area contributed by atoms with Gasteiger partial charge in [-0.3, -0.25) is 14.6 Å². The summed E-state index contributed by atoms with van der Waals surface area (Å²) in [6.45, 7) is 6.06. The fourth-order valence-corrected chi connectivity index (χ4v) is 3.71. The number of hydrogen-bond donors (Lipinski definition) is 1. The zero-order valence-corrected chi connectivity index (χ0v) is 14.7. The number of amides is 1. The van der Waals surface area contributed by atoms with Gasteiger partial charge in [-0.15, -0.1) is 0 Å². The van der Waals surface area contributed by atoms with E-state index in [1.165, 1.54) is 6.07 Å². The molecule has 0 bridgehead atoms. The number of β-amino-alcohol motifs (C(OH)–C–C–N with tert-alkyl or cyclic N) is 1. The third-order valence-corrected chi connectivity index (χ3v) is 5.19. The number of carbonyl (C=O) groups excluding carboxylic acids is 1. The highest BCUT2D eigenvalue weighted by atomic mass is 19.1. The van der Waals surface area contributed by atoms with Crippen molar-refractivity contribution in [3.8, 4) is 0 Å². The molecule has 1 aromatic carbocycles. The van der Waals surface area contributed by atoms with E-state index >= 15 is 0 Å². The molecule has 2 saturated heterocycles. The van der Waals surface area contributed by atoms with E-state index in [1.54, 1.807) is 18.2 Å². The Balaban J connectivity index is 1.48. The normalized spacial score (nSPS) is 21.3. The molecule has 0 radical (unpaired) electrons. The monoisotopic (exact) mass is 349 g/mol. The molecule has 0 aromatic heterocycles. The lowest BCUT2D eigenvalue weighted by Crippen LogP contribution is -2.40. The second kappa shape index (κ2) is 8.74. The molecule has 1 aromatic rings. The van der Waals surface area contributed by atoms with Crippen LogP contribution in [0.15, 0.2) is 24.3 Å². The number of aliphatic hydroxyl groups excluding tert-OH is 1. The lowest BCUT2D eigenvalue weighted by molar-refractivity contribution is -0.131. The minimum atomic E-state index is -0.820. The number of carbonyl (C=O) groups is 1. The van der Waals surface area contributed by atoms with Gasteiger partial charge in [-0.2, -0.15) is 0 Å². The Morgan fingerprint density at radius 2 is 1.68 bits per heavy atom. The number of hydrogen-bond acceptors (Lipinski definition) is 4. The Morgan fingerprint density at radius 3 is 2.44 bits per heavy atom. The van der Waals surface area contributed by atoms with Crippen molar-refractivity contribution >= 4 is 5.91 Å². The Labute approximate surface area is 149 Å². The summed E-state index contributed by atoms with van der Waals surface area (Å²) in [4.78, 5) is 18.6. The van der Waals surface area contributed by atoms with Crippen molar-refractivity contribution < 1.29 is 14.3 Å². The number of rotatable bonds is 5. The number of aliphatic hydroxyl groups is 1. The van der Waals surface area contributed by atoms with Crippen LogP contribution in [-0.4, -0.2) is 78.1 Å². The van der Waals surface area contributed by atoms with Gasteiger partial charge in [-0.25, -0.2) is 4.39 Å². The fraction of sp³-hybridized carbons (Fsp3) is 0.632. The molecule has 0 aliphatic carbocycles.